The Bertz CT molecular complexity index is 461. The quantitative estimate of drug-likeness (QED) is 0.764. The first-order chi connectivity index (χ1) is 8.49. The predicted molar refractivity (Wildman–Crippen MR) is 74.1 cm³/mol. The number of hydrogen-bond acceptors (Lipinski definition) is 3. The zero-order valence-electron chi connectivity index (χ0n) is 10.8. The van der Waals surface area contributed by atoms with Crippen molar-refractivity contribution in [1.82, 2.24) is 4.90 Å². The molecule has 1 N–H and O–H groups in total. The van der Waals surface area contributed by atoms with Gasteiger partial charge in [0.2, 0.25) is 0 Å². The third-order valence-corrected chi connectivity index (χ3v) is 3.94. The summed E-state index contributed by atoms with van der Waals surface area (Å²) in [6, 6.07) is 5.58. The first-order valence-electron chi connectivity index (χ1n) is 6.26. The average molecular weight is 265 g/mol. The van der Waals surface area contributed by atoms with Crippen molar-refractivity contribution < 1.29 is 9.90 Å². The van der Waals surface area contributed by atoms with E-state index >= 15 is 0 Å². The van der Waals surface area contributed by atoms with Gasteiger partial charge >= 0.3 is 0 Å². The summed E-state index contributed by atoms with van der Waals surface area (Å²) in [5.41, 5.74) is 1.63. The van der Waals surface area contributed by atoms with Crippen molar-refractivity contribution in [1.29, 1.82) is 0 Å². The van der Waals surface area contributed by atoms with E-state index in [-0.39, 0.29) is 11.8 Å². The smallest absolute Gasteiger partial charge is 0.254 e. The van der Waals surface area contributed by atoms with E-state index in [4.69, 9.17) is 0 Å². The van der Waals surface area contributed by atoms with Gasteiger partial charge in [-0.3, -0.25) is 4.79 Å². The molecule has 2 unspecified atom stereocenters. The van der Waals surface area contributed by atoms with E-state index in [1.165, 1.54) is 0 Å². The van der Waals surface area contributed by atoms with E-state index in [1.54, 1.807) is 11.0 Å². The minimum absolute atomic E-state index is 0.00523. The minimum Gasteiger partial charge on any atom is -0.391 e. The van der Waals surface area contributed by atoms with E-state index in [1.807, 2.05) is 26.0 Å². The fraction of sp³-hybridized carbons (Fsp3) is 0.500. The molecule has 18 heavy (non-hydrogen) atoms. The maximum Gasteiger partial charge on any atom is 0.254 e. The second kappa shape index (κ2) is 5.33. The Kier molecular flexibility index (Phi) is 3.97. The van der Waals surface area contributed by atoms with Gasteiger partial charge in [-0.1, -0.05) is 13.0 Å². The maximum absolute atomic E-state index is 12.4. The third-order valence-electron chi connectivity index (χ3n) is 3.66. The van der Waals surface area contributed by atoms with Crippen LogP contribution >= 0.6 is 12.6 Å². The van der Waals surface area contributed by atoms with Gasteiger partial charge in [-0.15, -0.1) is 12.6 Å². The zero-order chi connectivity index (χ0) is 13.3. The second-order valence-electron chi connectivity index (χ2n) is 5.08. The highest BCUT2D eigenvalue weighted by atomic mass is 32.1. The molecule has 0 spiro atoms. The van der Waals surface area contributed by atoms with Crippen LogP contribution in [-0.2, 0) is 0 Å². The Morgan fingerprint density at radius 2 is 2.22 bits per heavy atom. The van der Waals surface area contributed by atoms with Crippen molar-refractivity contribution >= 4 is 18.5 Å². The molecule has 0 aliphatic carbocycles. The monoisotopic (exact) mass is 265 g/mol. The molecule has 1 aliphatic heterocycles. The molecule has 98 valence electrons. The van der Waals surface area contributed by atoms with Crippen LogP contribution in [0, 0.1) is 12.8 Å². The molecular weight excluding hydrogens is 246 g/mol. The van der Waals surface area contributed by atoms with Crippen molar-refractivity contribution in [3.8, 4) is 0 Å². The Hall–Kier alpha value is -1.00. The molecule has 4 heteroatoms. The number of hydrogen-bond donors (Lipinski definition) is 2. The van der Waals surface area contributed by atoms with Gasteiger partial charge in [0.25, 0.3) is 5.91 Å². The van der Waals surface area contributed by atoms with Gasteiger partial charge < -0.3 is 10.0 Å². The van der Waals surface area contributed by atoms with Crippen LogP contribution < -0.4 is 0 Å². The first-order valence-corrected chi connectivity index (χ1v) is 6.70. The Morgan fingerprint density at radius 3 is 2.89 bits per heavy atom. The van der Waals surface area contributed by atoms with Gasteiger partial charge in [0.15, 0.2) is 0 Å². The number of amides is 1. The number of β-amino-alcohol motifs (C(OH)–C–C–N with tert-alkyl or cyclic N) is 1. The Labute approximate surface area is 113 Å². The lowest BCUT2D eigenvalue weighted by molar-refractivity contribution is 0.0248. The number of carbonyl (C=O) groups excluding carboxylic acids is 1. The van der Waals surface area contributed by atoms with Gasteiger partial charge in [-0.05, 0) is 37.0 Å². The molecule has 1 fully saturated rings. The van der Waals surface area contributed by atoms with Crippen LogP contribution in [0.3, 0.4) is 0 Å². The number of aliphatic hydroxyl groups is 1. The average Bonchev–Trinajstić information content (AvgIpc) is 2.35. The number of likely N-dealkylation sites (tertiary alicyclic amines) is 1. The predicted octanol–water partition coefficient (Wildman–Crippen LogP) is 2.13. The van der Waals surface area contributed by atoms with Crippen molar-refractivity contribution in [2.75, 3.05) is 13.1 Å². The maximum atomic E-state index is 12.4. The second-order valence-corrected chi connectivity index (χ2v) is 5.60. The number of rotatable bonds is 1. The summed E-state index contributed by atoms with van der Waals surface area (Å²) in [5.74, 6) is 0.265. The van der Waals surface area contributed by atoms with Crippen molar-refractivity contribution in [2.24, 2.45) is 5.92 Å². The van der Waals surface area contributed by atoms with Crippen LogP contribution in [0.5, 0.6) is 0 Å². The molecule has 1 amide bonds. The fourth-order valence-electron chi connectivity index (χ4n) is 2.24. The molecule has 1 aliphatic rings. The largest absolute Gasteiger partial charge is 0.391 e. The number of thiol groups is 1. The highest BCUT2D eigenvalue weighted by Crippen LogP contribution is 2.21. The van der Waals surface area contributed by atoms with Gasteiger partial charge in [0.05, 0.1) is 6.10 Å². The van der Waals surface area contributed by atoms with Crippen molar-refractivity contribution in [3.63, 3.8) is 0 Å². The summed E-state index contributed by atoms with van der Waals surface area (Å²) >= 11 is 4.27. The van der Waals surface area contributed by atoms with Crippen molar-refractivity contribution in [2.45, 2.75) is 31.3 Å². The Balaban J connectivity index is 2.19. The summed E-state index contributed by atoms with van der Waals surface area (Å²) in [6.07, 6.45) is 0.439. The molecule has 3 nitrogen and oxygen atoms in total. The van der Waals surface area contributed by atoms with Crippen molar-refractivity contribution in [3.05, 3.63) is 29.3 Å². The standard InChI is InChI=1S/C14H19NO2S/c1-9-3-4-11(18)7-12(9)14(17)15-6-5-10(2)13(16)8-15/h3-4,7,10,13,16,18H,5-6,8H2,1-2H3. The third kappa shape index (κ3) is 2.70. The minimum atomic E-state index is -0.415. The zero-order valence-corrected chi connectivity index (χ0v) is 11.7. The van der Waals surface area contributed by atoms with E-state index in [2.05, 4.69) is 12.6 Å². The number of nitrogens with zero attached hydrogens (tertiary/aromatic N) is 1. The molecule has 1 aromatic rings. The van der Waals surface area contributed by atoms with Crippen LogP contribution in [0.2, 0.25) is 0 Å². The van der Waals surface area contributed by atoms with Crippen LogP contribution in [0.1, 0.15) is 29.3 Å². The van der Waals surface area contributed by atoms with Gasteiger partial charge in [-0.2, -0.15) is 0 Å². The number of aliphatic hydroxyl groups excluding tert-OH is 1. The summed E-state index contributed by atoms with van der Waals surface area (Å²) in [5, 5.41) is 9.86. The number of aryl methyl sites for hydroxylation is 1. The number of benzene rings is 1. The first kappa shape index (κ1) is 13.4. The lowest BCUT2D eigenvalue weighted by Crippen LogP contribution is -2.46. The molecule has 1 aromatic carbocycles. The Morgan fingerprint density at radius 1 is 1.50 bits per heavy atom. The normalized spacial score (nSPS) is 24.1. The summed E-state index contributed by atoms with van der Waals surface area (Å²) in [6.45, 7) is 5.08. The number of piperidine rings is 1. The highest BCUT2D eigenvalue weighted by Gasteiger charge is 2.28. The van der Waals surface area contributed by atoms with Crippen LogP contribution in [-0.4, -0.2) is 35.1 Å². The van der Waals surface area contributed by atoms with Crippen LogP contribution in [0.15, 0.2) is 23.1 Å². The molecule has 2 rings (SSSR count). The topological polar surface area (TPSA) is 40.5 Å². The molecular formula is C14H19NO2S. The molecule has 0 aromatic heterocycles. The molecule has 1 heterocycles. The van der Waals surface area contributed by atoms with Gasteiger partial charge in [-0.25, -0.2) is 0 Å². The highest BCUT2D eigenvalue weighted by molar-refractivity contribution is 7.80. The lowest BCUT2D eigenvalue weighted by atomic mass is 9.95. The SMILES string of the molecule is Cc1ccc(S)cc1C(=O)N1CCC(C)C(O)C1. The van der Waals surface area contributed by atoms with E-state index in [0.717, 1.165) is 16.9 Å². The van der Waals surface area contributed by atoms with Crippen LogP contribution in [0.4, 0.5) is 0 Å². The summed E-state index contributed by atoms with van der Waals surface area (Å²) in [4.78, 5) is 14.9. The van der Waals surface area contributed by atoms with Crippen LogP contribution in [0.25, 0.3) is 0 Å². The van der Waals surface area contributed by atoms with E-state index < -0.39 is 6.10 Å². The summed E-state index contributed by atoms with van der Waals surface area (Å²) < 4.78 is 0. The van der Waals surface area contributed by atoms with E-state index in [9.17, 15) is 9.90 Å². The molecule has 2 atom stereocenters. The molecule has 1 saturated heterocycles. The fourth-order valence-corrected chi connectivity index (χ4v) is 2.45. The number of carbonyl (C=O) groups is 1. The molecule has 0 bridgehead atoms. The van der Waals surface area contributed by atoms with Gasteiger partial charge in [0.1, 0.15) is 0 Å². The lowest BCUT2D eigenvalue weighted by Gasteiger charge is -2.34. The molecule has 0 radical (unpaired) electrons. The molecule has 0 saturated carbocycles. The summed E-state index contributed by atoms with van der Waals surface area (Å²) in [7, 11) is 0. The van der Waals surface area contributed by atoms with E-state index in [0.29, 0.717) is 18.7 Å². The van der Waals surface area contributed by atoms with Gasteiger partial charge in [0, 0.05) is 23.5 Å².